The van der Waals surface area contributed by atoms with E-state index < -0.39 is 18.0 Å². The zero-order chi connectivity index (χ0) is 27.5. The highest BCUT2D eigenvalue weighted by molar-refractivity contribution is 5.89. The van der Waals surface area contributed by atoms with Crippen molar-refractivity contribution in [3.05, 3.63) is 36.3 Å². The number of carboxylic acid groups (broad SMARTS) is 2. The Bertz CT molecular complexity index is 1480. The van der Waals surface area contributed by atoms with Crippen molar-refractivity contribution in [2.75, 3.05) is 50.0 Å². The number of anilines is 2. The van der Waals surface area contributed by atoms with Crippen molar-refractivity contribution in [3.8, 4) is 5.75 Å². The van der Waals surface area contributed by atoms with E-state index in [0.29, 0.717) is 29.0 Å². The first-order valence-electron chi connectivity index (χ1n) is 12.5. The van der Waals surface area contributed by atoms with Gasteiger partial charge >= 0.3 is 11.9 Å². The Balaban J connectivity index is 1.20. The zero-order valence-corrected chi connectivity index (χ0v) is 21.0. The molecule has 0 radical (unpaired) electrons. The number of carboxylic acids is 2. The molecule has 39 heavy (non-hydrogen) atoms. The van der Waals surface area contributed by atoms with Crippen LogP contribution in [0.1, 0.15) is 24.8 Å². The number of nitrogens with two attached hydrogens (primary N) is 1. The van der Waals surface area contributed by atoms with E-state index in [4.69, 9.17) is 20.7 Å². The zero-order valence-electron chi connectivity index (χ0n) is 21.0. The molecular formula is C24H29N9O6. The second-order valence-electron chi connectivity index (χ2n) is 9.23. The van der Waals surface area contributed by atoms with Crippen LogP contribution in [0.3, 0.4) is 0 Å². The van der Waals surface area contributed by atoms with Crippen LogP contribution in [-0.4, -0.2) is 101 Å². The lowest BCUT2D eigenvalue weighted by Gasteiger charge is -2.36. The predicted octanol–water partition coefficient (Wildman–Crippen LogP) is 0.240. The summed E-state index contributed by atoms with van der Waals surface area (Å²) < 4.78 is 8.30. The van der Waals surface area contributed by atoms with Crippen LogP contribution in [0.5, 0.6) is 5.75 Å². The number of nitrogen functional groups attached to an aromatic ring is 1. The van der Waals surface area contributed by atoms with Gasteiger partial charge in [0.1, 0.15) is 11.9 Å². The molecule has 15 nitrogen and oxygen atoms in total. The molecular weight excluding hydrogens is 510 g/mol. The number of hydrogen-bond acceptors (Lipinski definition) is 11. The second-order valence-corrected chi connectivity index (χ2v) is 9.23. The van der Waals surface area contributed by atoms with Crippen LogP contribution in [0.25, 0.3) is 16.7 Å². The van der Waals surface area contributed by atoms with Gasteiger partial charge in [-0.2, -0.15) is 14.6 Å². The number of carbonyl (C=O) groups is 2. The van der Waals surface area contributed by atoms with Crippen LogP contribution >= 0.6 is 0 Å². The molecule has 0 bridgehead atoms. The van der Waals surface area contributed by atoms with Gasteiger partial charge < -0.3 is 30.7 Å². The maximum Gasteiger partial charge on any atom is 0.341 e. The monoisotopic (exact) mass is 539 g/mol. The number of benzene rings is 1. The Morgan fingerprint density at radius 1 is 1.00 bits per heavy atom. The van der Waals surface area contributed by atoms with Crippen LogP contribution in [0, 0.1) is 0 Å². The van der Waals surface area contributed by atoms with Crippen molar-refractivity contribution >= 4 is 40.3 Å². The molecule has 1 aliphatic heterocycles. The summed E-state index contributed by atoms with van der Waals surface area (Å²) in [5.41, 5.74) is 8.13. The van der Waals surface area contributed by atoms with E-state index >= 15 is 0 Å². The van der Waals surface area contributed by atoms with Crippen molar-refractivity contribution in [2.24, 2.45) is 0 Å². The number of nitrogens with zero attached hydrogens (tertiary/aromatic N) is 8. The fourth-order valence-electron chi connectivity index (χ4n) is 4.53. The summed E-state index contributed by atoms with van der Waals surface area (Å²) in [7, 11) is 0. The molecule has 0 saturated carbocycles. The fraction of sp³-hybridized carbons (Fsp3) is 0.417. The molecule has 1 aromatic carbocycles. The third-order valence-electron chi connectivity index (χ3n) is 6.61. The van der Waals surface area contributed by atoms with E-state index in [2.05, 4.69) is 30.0 Å². The number of rotatable bonds is 11. The summed E-state index contributed by atoms with van der Waals surface area (Å²) in [4.78, 5) is 34.9. The quantitative estimate of drug-likeness (QED) is 0.202. The van der Waals surface area contributed by atoms with Gasteiger partial charge in [-0.05, 0) is 30.7 Å². The normalized spacial score (nSPS) is 15.2. The average Bonchev–Trinajstić information content (AvgIpc) is 3.55. The molecule has 15 heteroatoms. The van der Waals surface area contributed by atoms with Gasteiger partial charge in [-0.25, -0.2) is 14.5 Å². The summed E-state index contributed by atoms with van der Waals surface area (Å²) in [6.07, 6.45) is 0.289. The number of hydrogen-bond donors (Lipinski definition) is 4. The highest BCUT2D eigenvalue weighted by atomic mass is 16.5. The number of aliphatic carboxylic acids is 2. The SMILES string of the molecule is Nc1nc2c(cnn2CCN2CCN(c3ccc(OCC(=O)O)cc3)CC2)c2nc([C@H](O)CCC(=O)O)nn12. The largest absolute Gasteiger partial charge is 0.482 e. The van der Waals surface area contributed by atoms with E-state index in [-0.39, 0.29) is 31.2 Å². The predicted molar refractivity (Wildman–Crippen MR) is 139 cm³/mol. The minimum Gasteiger partial charge on any atom is -0.482 e. The van der Waals surface area contributed by atoms with Crippen molar-refractivity contribution < 1.29 is 29.6 Å². The Labute approximate surface area is 222 Å². The maximum atomic E-state index is 10.8. The average molecular weight is 540 g/mol. The number of ether oxygens (including phenoxy) is 1. The number of aromatic nitrogens is 6. The first-order valence-corrected chi connectivity index (χ1v) is 12.5. The van der Waals surface area contributed by atoms with Crippen molar-refractivity contribution in [2.45, 2.75) is 25.5 Å². The number of aliphatic hydroxyl groups excluding tert-OH is 1. The lowest BCUT2D eigenvalue weighted by Crippen LogP contribution is -2.47. The highest BCUT2D eigenvalue weighted by Crippen LogP contribution is 2.24. The molecule has 5 rings (SSSR count). The van der Waals surface area contributed by atoms with Gasteiger partial charge in [-0.1, -0.05) is 0 Å². The maximum absolute atomic E-state index is 10.8. The molecule has 4 aromatic rings. The van der Waals surface area contributed by atoms with Crippen LogP contribution in [0.2, 0.25) is 0 Å². The van der Waals surface area contributed by atoms with E-state index in [1.165, 1.54) is 4.52 Å². The summed E-state index contributed by atoms with van der Waals surface area (Å²) in [6.45, 7) is 4.38. The minimum absolute atomic E-state index is 0.0122. The molecule has 1 fully saturated rings. The fourth-order valence-corrected chi connectivity index (χ4v) is 4.53. The van der Waals surface area contributed by atoms with Crippen LogP contribution in [0.15, 0.2) is 30.5 Å². The number of aliphatic hydroxyl groups is 1. The molecule has 0 aliphatic carbocycles. The molecule has 0 unspecified atom stereocenters. The summed E-state index contributed by atoms with van der Waals surface area (Å²) in [5, 5.41) is 37.2. The third kappa shape index (κ3) is 5.83. The van der Waals surface area contributed by atoms with E-state index in [1.807, 2.05) is 12.1 Å². The van der Waals surface area contributed by atoms with E-state index in [9.17, 15) is 14.7 Å². The second kappa shape index (κ2) is 11.1. The lowest BCUT2D eigenvalue weighted by atomic mass is 10.2. The summed E-state index contributed by atoms with van der Waals surface area (Å²) >= 11 is 0. The molecule has 5 N–H and O–H groups in total. The van der Waals surface area contributed by atoms with Gasteiger partial charge in [0.05, 0.1) is 18.1 Å². The topological polar surface area (TPSA) is 197 Å². The molecule has 0 spiro atoms. The minimum atomic E-state index is -1.13. The molecule has 1 atom stereocenters. The molecule has 4 heterocycles. The number of fused-ring (bicyclic) bond motifs is 3. The Morgan fingerprint density at radius 3 is 2.44 bits per heavy atom. The van der Waals surface area contributed by atoms with Crippen molar-refractivity contribution in [1.82, 2.24) is 34.3 Å². The van der Waals surface area contributed by atoms with Crippen LogP contribution in [-0.2, 0) is 16.1 Å². The van der Waals surface area contributed by atoms with E-state index in [1.54, 1.807) is 23.0 Å². The lowest BCUT2D eigenvalue weighted by molar-refractivity contribution is -0.139. The van der Waals surface area contributed by atoms with Gasteiger partial charge in [-0.3, -0.25) is 9.69 Å². The van der Waals surface area contributed by atoms with Gasteiger partial charge in [-0.15, -0.1) is 5.10 Å². The van der Waals surface area contributed by atoms with Crippen LogP contribution in [0.4, 0.5) is 11.6 Å². The summed E-state index contributed by atoms with van der Waals surface area (Å²) in [6, 6.07) is 7.41. The van der Waals surface area contributed by atoms with Gasteiger partial charge in [0.25, 0.3) is 0 Å². The first-order chi connectivity index (χ1) is 18.8. The Morgan fingerprint density at radius 2 is 1.74 bits per heavy atom. The Kier molecular flexibility index (Phi) is 7.42. The van der Waals surface area contributed by atoms with Crippen molar-refractivity contribution in [1.29, 1.82) is 0 Å². The standard InChI is InChI=1S/C24H29N9O6/c25-24-28-22-17(23-27-21(29-33(23)24)18(34)5-6-19(35)36)13-26-32(22)12-9-30-7-10-31(11-8-30)15-1-3-16(4-2-15)39-14-20(37)38/h1-4,13,18,34H,5-12,14H2,(H2,25,28)(H,35,36)(H,37,38)/t18-/m1/s1. The molecule has 1 aliphatic rings. The Hall–Kier alpha value is -4.50. The highest BCUT2D eigenvalue weighted by Gasteiger charge is 2.21. The number of piperazine rings is 1. The first kappa shape index (κ1) is 26.1. The molecule has 206 valence electrons. The van der Waals surface area contributed by atoms with Gasteiger partial charge in [0.2, 0.25) is 5.95 Å². The van der Waals surface area contributed by atoms with Gasteiger partial charge in [0.15, 0.2) is 23.7 Å². The molecule has 3 aromatic heterocycles. The van der Waals surface area contributed by atoms with Crippen molar-refractivity contribution in [3.63, 3.8) is 0 Å². The molecule has 0 amide bonds. The van der Waals surface area contributed by atoms with E-state index in [0.717, 1.165) is 38.4 Å². The smallest absolute Gasteiger partial charge is 0.341 e. The van der Waals surface area contributed by atoms with Gasteiger partial charge in [0, 0.05) is 44.8 Å². The third-order valence-corrected chi connectivity index (χ3v) is 6.61. The van der Waals surface area contributed by atoms with Crippen LogP contribution < -0.4 is 15.4 Å². The molecule has 1 saturated heterocycles. The summed E-state index contributed by atoms with van der Waals surface area (Å²) in [5.74, 6) is -1.32.